The molecule has 2 aromatic rings. The third-order valence-electron chi connectivity index (χ3n) is 2.90. The smallest absolute Gasteiger partial charge is 0.263 e. The van der Waals surface area contributed by atoms with Crippen LogP contribution < -0.4 is 10.0 Å². The van der Waals surface area contributed by atoms with E-state index in [4.69, 9.17) is 11.6 Å². The molecule has 23 heavy (non-hydrogen) atoms. The number of pyridine rings is 1. The second kappa shape index (κ2) is 6.55. The van der Waals surface area contributed by atoms with Crippen molar-refractivity contribution in [1.82, 2.24) is 4.98 Å². The Morgan fingerprint density at radius 3 is 2.43 bits per heavy atom. The molecule has 0 unspecified atom stereocenters. The molecule has 0 radical (unpaired) electrons. The van der Waals surface area contributed by atoms with Crippen LogP contribution in [-0.4, -0.2) is 19.3 Å². The second-order valence-electron chi connectivity index (χ2n) is 5.10. The van der Waals surface area contributed by atoms with Crippen molar-refractivity contribution in [1.29, 1.82) is 0 Å². The van der Waals surface area contributed by atoms with Gasteiger partial charge in [-0.1, -0.05) is 11.6 Å². The Hall–Kier alpha value is -2.12. The first-order chi connectivity index (χ1) is 10.7. The highest BCUT2D eigenvalue weighted by Crippen LogP contribution is 2.26. The number of amides is 1. The summed E-state index contributed by atoms with van der Waals surface area (Å²) in [6.45, 7) is 4.98. The molecule has 6 nitrogen and oxygen atoms in total. The van der Waals surface area contributed by atoms with Gasteiger partial charge in [-0.15, -0.1) is 0 Å². The van der Waals surface area contributed by atoms with Crippen LogP contribution in [0.4, 0.5) is 11.5 Å². The molecule has 0 saturated heterocycles. The van der Waals surface area contributed by atoms with Gasteiger partial charge in [-0.2, -0.15) is 0 Å². The van der Waals surface area contributed by atoms with E-state index in [9.17, 15) is 13.2 Å². The highest BCUT2D eigenvalue weighted by atomic mass is 35.5. The first-order valence-electron chi connectivity index (χ1n) is 6.72. The summed E-state index contributed by atoms with van der Waals surface area (Å²) in [4.78, 5) is 15.2. The number of hydrogen-bond donors (Lipinski definition) is 2. The minimum atomic E-state index is -3.82. The van der Waals surface area contributed by atoms with Crippen molar-refractivity contribution >= 4 is 39.0 Å². The number of sulfonamides is 1. The summed E-state index contributed by atoms with van der Waals surface area (Å²) in [5.41, 5.74) is 1.96. The highest BCUT2D eigenvalue weighted by molar-refractivity contribution is 7.92. The van der Waals surface area contributed by atoms with Crippen LogP contribution >= 0.6 is 11.6 Å². The summed E-state index contributed by atoms with van der Waals surface area (Å²) in [5.74, 6) is -0.0513. The fourth-order valence-electron chi connectivity index (χ4n) is 2.04. The van der Waals surface area contributed by atoms with Gasteiger partial charge in [0.25, 0.3) is 10.0 Å². The number of aryl methyl sites for hydroxylation is 2. The first kappa shape index (κ1) is 17.2. The lowest BCUT2D eigenvalue weighted by atomic mass is 10.2. The van der Waals surface area contributed by atoms with Crippen LogP contribution in [0.5, 0.6) is 0 Å². The number of aromatic nitrogens is 1. The molecule has 0 spiro atoms. The third-order valence-corrected chi connectivity index (χ3v) is 4.56. The number of hydrogen-bond acceptors (Lipinski definition) is 4. The average Bonchev–Trinajstić information content (AvgIpc) is 2.38. The van der Waals surface area contributed by atoms with Gasteiger partial charge in [0, 0.05) is 12.6 Å². The molecule has 2 N–H and O–H groups in total. The third kappa shape index (κ3) is 4.43. The molecule has 1 aromatic heterocycles. The molecule has 1 aromatic carbocycles. The number of carbonyl (C=O) groups excluding carboxylic acids is 1. The van der Waals surface area contributed by atoms with E-state index in [2.05, 4.69) is 15.0 Å². The summed E-state index contributed by atoms with van der Waals surface area (Å²) < 4.78 is 27.2. The van der Waals surface area contributed by atoms with Crippen LogP contribution in [0.15, 0.2) is 35.2 Å². The zero-order valence-electron chi connectivity index (χ0n) is 12.8. The summed E-state index contributed by atoms with van der Waals surface area (Å²) in [6.07, 6.45) is 0. The lowest BCUT2D eigenvalue weighted by Crippen LogP contribution is -2.15. The Kier molecular flexibility index (Phi) is 4.91. The zero-order valence-corrected chi connectivity index (χ0v) is 14.4. The maximum Gasteiger partial charge on any atom is 0.263 e. The Labute approximate surface area is 139 Å². The van der Waals surface area contributed by atoms with Gasteiger partial charge in [-0.25, -0.2) is 13.4 Å². The fraction of sp³-hybridized carbons (Fsp3) is 0.200. The summed E-state index contributed by atoms with van der Waals surface area (Å²) in [7, 11) is -3.82. The van der Waals surface area contributed by atoms with Gasteiger partial charge in [0.2, 0.25) is 5.91 Å². The van der Waals surface area contributed by atoms with Gasteiger partial charge in [-0.05, 0) is 49.7 Å². The van der Waals surface area contributed by atoms with Crippen molar-refractivity contribution in [3.05, 3.63) is 46.6 Å². The molecule has 0 aliphatic rings. The number of halogens is 1. The Morgan fingerprint density at radius 1 is 1.17 bits per heavy atom. The highest BCUT2D eigenvalue weighted by Gasteiger charge is 2.17. The molecule has 0 aliphatic carbocycles. The van der Waals surface area contributed by atoms with Gasteiger partial charge in [0.1, 0.15) is 5.82 Å². The lowest BCUT2D eigenvalue weighted by molar-refractivity contribution is -0.114. The normalized spacial score (nSPS) is 11.1. The Morgan fingerprint density at radius 2 is 1.87 bits per heavy atom. The van der Waals surface area contributed by atoms with Crippen LogP contribution in [0.1, 0.15) is 18.2 Å². The first-order valence-corrected chi connectivity index (χ1v) is 8.59. The maximum atomic E-state index is 12.4. The molecule has 0 saturated carbocycles. The summed E-state index contributed by atoms with van der Waals surface area (Å²) >= 11 is 6.01. The molecule has 0 bridgehead atoms. The number of nitrogens with zero attached hydrogens (tertiary/aromatic N) is 1. The molecular weight excluding hydrogens is 338 g/mol. The molecule has 0 fully saturated rings. The van der Waals surface area contributed by atoms with Crippen LogP contribution in [0, 0.1) is 13.8 Å². The van der Waals surface area contributed by atoms with Crippen molar-refractivity contribution in [3.8, 4) is 0 Å². The van der Waals surface area contributed by atoms with Crippen LogP contribution in [0.3, 0.4) is 0 Å². The minimum Gasteiger partial charge on any atom is -0.325 e. The summed E-state index contributed by atoms with van der Waals surface area (Å²) in [6, 6.07) is 7.56. The van der Waals surface area contributed by atoms with Crippen molar-refractivity contribution < 1.29 is 13.2 Å². The second-order valence-corrected chi connectivity index (χ2v) is 7.19. The number of benzene rings is 1. The van der Waals surface area contributed by atoms with Crippen molar-refractivity contribution in [2.75, 3.05) is 10.0 Å². The predicted molar refractivity (Wildman–Crippen MR) is 90.3 cm³/mol. The van der Waals surface area contributed by atoms with Crippen molar-refractivity contribution in [2.45, 2.75) is 25.7 Å². The van der Waals surface area contributed by atoms with E-state index < -0.39 is 10.0 Å². The number of rotatable bonds is 4. The maximum absolute atomic E-state index is 12.4. The van der Waals surface area contributed by atoms with Gasteiger partial charge in [0.05, 0.1) is 15.6 Å². The molecule has 1 amide bonds. The van der Waals surface area contributed by atoms with Gasteiger partial charge in [-0.3, -0.25) is 9.52 Å². The van der Waals surface area contributed by atoms with E-state index in [0.29, 0.717) is 11.4 Å². The fourth-order valence-corrected chi connectivity index (χ4v) is 3.35. The average molecular weight is 354 g/mol. The van der Waals surface area contributed by atoms with E-state index in [0.717, 1.165) is 5.56 Å². The summed E-state index contributed by atoms with van der Waals surface area (Å²) in [5, 5.41) is 2.65. The van der Waals surface area contributed by atoms with E-state index in [1.54, 1.807) is 13.0 Å². The van der Waals surface area contributed by atoms with Gasteiger partial charge >= 0.3 is 0 Å². The molecule has 122 valence electrons. The molecular formula is C15H16ClN3O3S. The van der Waals surface area contributed by atoms with Gasteiger partial charge in [0.15, 0.2) is 0 Å². The van der Waals surface area contributed by atoms with E-state index in [1.807, 2.05) is 13.0 Å². The van der Waals surface area contributed by atoms with Crippen molar-refractivity contribution in [3.63, 3.8) is 0 Å². The van der Waals surface area contributed by atoms with Crippen LogP contribution in [0.2, 0.25) is 5.02 Å². The predicted octanol–water partition coefficient (Wildman–Crippen LogP) is 3.11. The van der Waals surface area contributed by atoms with Crippen LogP contribution in [0.25, 0.3) is 0 Å². The molecule has 0 aliphatic heterocycles. The molecule has 0 atom stereocenters. The van der Waals surface area contributed by atoms with Crippen molar-refractivity contribution in [2.24, 2.45) is 0 Å². The SMILES string of the molecule is CC(=O)Nc1ccc(S(=O)(=O)Nc2cc(C)cc(C)n2)cc1Cl. The van der Waals surface area contributed by atoms with E-state index >= 15 is 0 Å². The Bertz CT molecular complexity index is 846. The molecule has 8 heteroatoms. The zero-order chi connectivity index (χ0) is 17.2. The lowest BCUT2D eigenvalue weighted by Gasteiger charge is -2.11. The van der Waals surface area contributed by atoms with E-state index in [-0.39, 0.29) is 21.6 Å². The molecule has 1 heterocycles. The standard InChI is InChI=1S/C15H16ClN3O3S/c1-9-6-10(2)17-15(7-9)19-23(21,22)12-4-5-14(13(16)8-12)18-11(3)20/h4-8H,1-3H3,(H,17,19)(H,18,20). The number of anilines is 2. The number of nitrogens with one attached hydrogen (secondary N) is 2. The largest absolute Gasteiger partial charge is 0.325 e. The monoisotopic (exact) mass is 353 g/mol. The number of carbonyl (C=O) groups is 1. The Balaban J connectivity index is 2.32. The van der Waals surface area contributed by atoms with Crippen LogP contribution in [-0.2, 0) is 14.8 Å². The quantitative estimate of drug-likeness (QED) is 0.883. The minimum absolute atomic E-state index is 0.0161. The van der Waals surface area contributed by atoms with E-state index in [1.165, 1.54) is 25.1 Å². The molecule has 2 rings (SSSR count). The topological polar surface area (TPSA) is 88.2 Å². The van der Waals surface area contributed by atoms with Gasteiger partial charge < -0.3 is 5.32 Å².